The zero-order valence-corrected chi connectivity index (χ0v) is 13.6. The highest BCUT2D eigenvalue weighted by Crippen LogP contribution is 2.23. The number of hydrogen-bond donors (Lipinski definition) is 1. The van der Waals surface area contributed by atoms with Crippen LogP contribution in [0.3, 0.4) is 0 Å². The van der Waals surface area contributed by atoms with Gasteiger partial charge in [0.05, 0.1) is 11.5 Å². The standard InChI is InChI=1S/C14H22N2O4S/c1-5-20-14(17)9-16(10(2)3)21(18,19)13-8-12(15)7-6-11(13)4/h6-8,10H,5,9,15H2,1-4H3. The van der Waals surface area contributed by atoms with Crippen LogP contribution in [0.2, 0.25) is 0 Å². The predicted molar refractivity (Wildman–Crippen MR) is 81.3 cm³/mol. The second-order valence-corrected chi connectivity index (χ2v) is 6.83. The van der Waals surface area contributed by atoms with Gasteiger partial charge in [0, 0.05) is 11.7 Å². The fraction of sp³-hybridized carbons (Fsp3) is 0.500. The Bertz CT molecular complexity index is 611. The molecule has 0 heterocycles. The summed E-state index contributed by atoms with van der Waals surface area (Å²) in [7, 11) is -3.81. The van der Waals surface area contributed by atoms with E-state index in [2.05, 4.69) is 0 Å². The normalized spacial score (nSPS) is 11.9. The van der Waals surface area contributed by atoms with Gasteiger partial charge in [0.25, 0.3) is 0 Å². The van der Waals surface area contributed by atoms with Crippen molar-refractivity contribution < 1.29 is 17.9 Å². The number of sulfonamides is 1. The van der Waals surface area contributed by atoms with Gasteiger partial charge in [0.2, 0.25) is 10.0 Å². The molecule has 1 aromatic carbocycles. The van der Waals surface area contributed by atoms with Crippen molar-refractivity contribution >= 4 is 21.7 Å². The first kappa shape index (κ1) is 17.5. The Morgan fingerprint density at radius 3 is 2.52 bits per heavy atom. The van der Waals surface area contributed by atoms with Gasteiger partial charge in [0.15, 0.2) is 0 Å². The Balaban J connectivity index is 3.22. The molecule has 0 spiro atoms. The number of nitrogens with zero attached hydrogens (tertiary/aromatic N) is 1. The number of hydrogen-bond acceptors (Lipinski definition) is 5. The van der Waals surface area contributed by atoms with Crippen LogP contribution in [0, 0.1) is 6.92 Å². The van der Waals surface area contributed by atoms with Gasteiger partial charge in [-0.15, -0.1) is 0 Å². The fourth-order valence-electron chi connectivity index (χ4n) is 1.90. The summed E-state index contributed by atoms with van der Waals surface area (Å²) in [6.07, 6.45) is 0. The van der Waals surface area contributed by atoms with Crippen LogP contribution in [0.4, 0.5) is 5.69 Å². The Labute approximate surface area is 125 Å². The summed E-state index contributed by atoms with van der Waals surface area (Å²) in [6.45, 7) is 6.67. The molecule has 0 atom stereocenters. The average Bonchev–Trinajstić information content (AvgIpc) is 2.38. The molecule has 6 nitrogen and oxygen atoms in total. The third kappa shape index (κ3) is 4.18. The number of anilines is 1. The number of ether oxygens (including phenoxy) is 1. The van der Waals surface area contributed by atoms with Crippen molar-refractivity contribution in [2.75, 3.05) is 18.9 Å². The minimum atomic E-state index is -3.81. The molecule has 118 valence electrons. The number of aryl methyl sites for hydroxylation is 1. The minimum Gasteiger partial charge on any atom is -0.465 e. The van der Waals surface area contributed by atoms with E-state index in [9.17, 15) is 13.2 Å². The summed E-state index contributed by atoms with van der Waals surface area (Å²) in [4.78, 5) is 11.7. The lowest BCUT2D eigenvalue weighted by atomic mass is 10.2. The van der Waals surface area contributed by atoms with E-state index in [1.54, 1.807) is 39.8 Å². The number of benzene rings is 1. The molecule has 0 aromatic heterocycles. The molecule has 21 heavy (non-hydrogen) atoms. The van der Waals surface area contributed by atoms with Crippen molar-refractivity contribution in [2.45, 2.75) is 38.6 Å². The van der Waals surface area contributed by atoms with Gasteiger partial charge in [-0.3, -0.25) is 4.79 Å². The van der Waals surface area contributed by atoms with Gasteiger partial charge < -0.3 is 10.5 Å². The van der Waals surface area contributed by atoms with Crippen molar-refractivity contribution in [1.29, 1.82) is 0 Å². The quantitative estimate of drug-likeness (QED) is 0.635. The largest absolute Gasteiger partial charge is 0.465 e. The van der Waals surface area contributed by atoms with E-state index in [-0.39, 0.29) is 24.1 Å². The predicted octanol–water partition coefficient (Wildman–Crippen LogP) is 1.54. The molecule has 0 saturated heterocycles. The highest BCUT2D eigenvalue weighted by molar-refractivity contribution is 7.89. The first-order valence-corrected chi connectivity index (χ1v) is 8.17. The number of rotatable bonds is 6. The van der Waals surface area contributed by atoms with Crippen LogP contribution in [0.1, 0.15) is 26.3 Å². The first-order valence-electron chi connectivity index (χ1n) is 6.73. The van der Waals surface area contributed by atoms with Crippen molar-refractivity contribution in [1.82, 2.24) is 4.31 Å². The van der Waals surface area contributed by atoms with E-state index in [1.165, 1.54) is 6.07 Å². The number of nitrogen functional groups attached to an aromatic ring is 1. The van der Waals surface area contributed by atoms with E-state index < -0.39 is 16.0 Å². The van der Waals surface area contributed by atoms with Crippen molar-refractivity contribution in [3.05, 3.63) is 23.8 Å². The van der Waals surface area contributed by atoms with E-state index in [4.69, 9.17) is 10.5 Å². The Hall–Kier alpha value is -1.60. The molecule has 0 fully saturated rings. The van der Waals surface area contributed by atoms with Crippen LogP contribution < -0.4 is 5.73 Å². The molecule has 0 radical (unpaired) electrons. The minimum absolute atomic E-state index is 0.112. The lowest BCUT2D eigenvalue weighted by Crippen LogP contribution is -2.41. The monoisotopic (exact) mass is 314 g/mol. The molecule has 2 N–H and O–H groups in total. The third-order valence-electron chi connectivity index (χ3n) is 2.97. The van der Waals surface area contributed by atoms with Gasteiger partial charge in [0.1, 0.15) is 6.54 Å². The van der Waals surface area contributed by atoms with Crippen molar-refractivity contribution in [2.24, 2.45) is 0 Å². The highest BCUT2D eigenvalue weighted by atomic mass is 32.2. The number of carbonyl (C=O) groups excluding carboxylic acids is 1. The maximum Gasteiger partial charge on any atom is 0.321 e. The second kappa shape index (κ2) is 6.91. The summed E-state index contributed by atoms with van der Waals surface area (Å²) in [6, 6.07) is 4.32. The first-order chi connectivity index (χ1) is 9.70. The molecule has 7 heteroatoms. The van der Waals surface area contributed by atoms with Crippen LogP contribution in [0.15, 0.2) is 23.1 Å². The maximum absolute atomic E-state index is 12.7. The van der Waals surface area contributed by atoms with Gasteiger partial charge in [-0.25, -0.2) is 8.42 Å². The molecular formula is C14H22N2O4S. The number of carbonyl (C=O) groups is 1. The van der Waals surface area contributed by atoms with Gasteiger partial charge in [-0.05, 0) is 45.4 Å². The summed E-state index contributed by atoms with van der Waals surface area (Å²) >= 11 is 0. The lowest BCUT2D eigenvalue weighted by molar-refractivity contribution is -0.143. The lowest BCUT2D eigenvalue weighted by Gasteiger charge is -2.25. The molecule has 0 aliphatic heterocycles. The summed E-state index contributed by atoms with van der Waals surface area (Å²) in [5.74, 6) is -0.573. The Morgan fingerprint density at radius 1 is 1.38 bits per heavy atom. The van der Waals surface area contributed by atoms with Crippen LogP contribution in [0.5, 0.6) is 0 Å². The smallest absolute Gasteiger partial charge is 0.321 e. The Kier molecular flexibility index (Phi) is 5.74. The molecule has 1 aromatic rings. The molecule has 0 aliphatic carbocycles. The molecule has 0 amide bonds. The number of esters is 1. The molecule has 0 bridgehead atoms. The third-order valence-corrected chi connectivity index (χ3v) is 5.13. The average molecular weight is 314 g/mol. The maximum atomic E-state index is 12.7. The molecule has 0 unspecified atom stereocenters. The van der Waals surface area contributed by atoms with E-state index in [0.717, 1.165) is 4.31 Å². The Morgan fingerprint density at radius 2 is 2.00 bits per heavy atom. The molecule has 1 rings (SSSR count). The highest BCUT2D eigenvalue weighted by Gasteiger charge is 2.30. The second-order valence-electron chi connectivity index (χ2n) is 4.97. The van der Waals surface area contributed by atoms with Crippen molar-refractivity contribution in [3.63, 3.8) is 0 Å². The molecule has 0 aliphatic rings. The fourth-order valence-corrected chi connectivity index (χ4v) is 3.74. The van der Waals surface area contributed by atoms with Crippen LogP contribution in [-0.4, -0.2) is 37.9 Å². The summed E-state index contributed by atoms with van der Waals surface area (Å²) in [5.41, 5.74) is 6.62. The van der Waals surface area contributed by atoms with Crippen molar-refractivity contribution in [3.8, 4) is 0 Å². The van der Waals surface area contributed by atoms with Gasteiger partial charge >= 0.3 is 5.97 Å². The van der Waals surface area contributed by atoms with Crippen LogP contribution >= 0.6 is 0 Å². The van der Waals surface area contributed by atoms with Gasteiger partial charge in [-0.2, -0.15) is 4.31 Å². The zero-order valence-electron chi connectivity index (χ0n) is 12.8. The van der Waals surface area contributed by atoms with E-state index >= 15 is 0 Å². The van der Waals surface area contributed by atoms with Crippen LogP contribution in [0.25, 0.3) is 0 Å². The topological polar surface area (TPSA) is 89.7 Å². The summed E-state index contributed by atoms with van der Waals surface area (Å²) < 4.78 is 31.5. The van der Waals surface area contributed by atoms with Crippen LogP contribution in [-0.2, 0) is 19.6 Å². The summed E-state index contributed by atoms with van der Waals surface area (Å²) in [5, 5.41) is 0. The van der Waals surface area contributed by atoms with E-state index in [0.29, 0.717) is 11.3 Å². The number of nitrogens with two attached hydrogens (primary N) is 1. The molecule has 0 saturated carbocycles. The SMILES string of the molecule is CCOC(=O)CN(C(C)C)S(=O)(=O)c1cc(N)ccc1C. The van der Waals surface area contributed by atoms with Gasteiger partial charge in [-0.1, -0.05) is 6.07 Å². The zero-order chi connectivity index (χ0) is 16.2. The molecular weight excluding hydrogens is 292 g/mol. The van der Waals surface area contributed by atoms with E-state index in [1.807, 2.05) is 0 Å².